The van der Waals surface area contributed by atoms with Crippen molar-refractivity contribution in [2.45, 2.75) is 39.3 Å². The van der Waals surface area contributed by atoms with Gasteiger partial charge < -0.3 is 9.47 Å². The lowest BCUT2D eigenvalue weighted by Gasteiger charge is -2.32. The minimum Gasteiger partial charge on any atom is -0.378 e. The number of aromatic nitrogens is 4. The van der Waals surface area contributed by atoms with E-state index in [1.54, 1.807) is 0 Å². The first-order valence-electron chi connectivity index (χ1n) is 16.0. The molecule has 0 N–H and O–H groups in total. The molecule has 6 heterocycles. The number of pyridine rings is 4. The molecule has 2 aliphatic heterocycles. The molecule has 0 amide bonds. The zero-order valence-corrected chi connectivity index (χ0v) is 26.1. The van der Waals surface area contributed by atoms with Gasteiger partial charge in [-0.25, -0.2) is 0 Å². The van der Waals surface area contributed by atoms with E-state index in [2.05, 4.69) is 78.1 Å². The van der Waals surface area contributed by atoms with Crippen LogP contribution in [0.4, 0.5) is 0 Å². The van der Waals surface area contributed by atoms with Crippen molar-refractivity contribution in [1.29, 1.82) is 0 Å². The topological polar surface area (TPSA) is 83.0 Å². The van der Waals surface area contributed by atoms with Gasteiger partial charge in [0, 0.05) is 77.8 Å². The van der Waals surface area contributed by atoms with E-state index in [1.165, 1.54) is 0 Å². The van der Waals surface area contributed by atoms with Crippen LogP contribution in [0.1, 0.15) is 34.2 Å². The van der Waals surface area contributed by atoms with Crippen LogP contribution in [0.3, 0.4) is 0 Å². The first-order valence-corrected chi connectivity index (χ1v) is 16.0. The van der Waals surface area contributed by atoms with Gasteiger partial charge in [0.25, 0.3) is 0 Å². The van der Waals surface area contributed by atoms with Gasteiger partial charge >= 0.3 is 0 Å². The van der Waals surface area contributed by atoms with Crippen molar-refractivity contribution in [3.8, 4) is 0 Å². The number of nitrogens with zero attached hydrogens (tertiary/aromatic N) is 8. The van der Waals surface area contributed by atoms with Gasteiger partial charge in [0.15, 0.2) is 0 Å². The molecule has 2 atom stereocenters. The summed E-state index contributed by atoms with van der Waals surface area (Å²) >= 11 is 0. The maximum Gasteiger partial charge on any atom is 0.0701 e. The lowest BCUT2D eigenvalue weighted by molar-refractivity contribution is 0.0134. The highest BCUT2D eigenvalue weighted by Gasteiger charge is 2.19. The van der Waals surface area contributed by atoms with E-state index < -0.39 is 0 Å². The number of ether oxygens (including phenoxy) is 2. The fraction of sp³-hybridized carbons (Fsp3) is 0.429. The summed E-state index contributed by atoms with van der Waals surface area (Å²) in [5, 5.41) is 0. The lowest BCUT2D eigenvalue weighted by atomic mass is 10.2. The SMILES string of the molecule is c1ccc(CN(Cc2ccccn2)Cc2cccc(CN3CCN4CCOCCOCCN(Cc5cccc(n5)C4)C3)n2)nc1. The number of hydrogen-bond acceptors (Lipinski definition) is 10. The van der Waals surface area contributed by atoms with Crippen molar-refractivity contribution in [1.82, 2.24) is 39.5 Å². The maximum atomic E-state index is 5.93. The van der Waals surface area contributed by atoms with E-state index >= 15 is 0 Å². The quantitative estimate of drug-likeness (QED) is 0.296. The van der Waals surface area contributed by atoms with E-state index in [4.69, 9.17) is 19.4 Å². The molecule has 0 radical (unpaired) electrons. The minimum absolute atomic E-state index is 0.623. The minimum atomic E-state index is 0.623. The third-order valence-electron chi connectivity index (χ3n) is 8.10. The van der Waals surface area contributed by atoms with Gasteiger partial charge in [-0.05, 0) is 48.5 Å². The molecule has 4 aromatic rings. The van der Waals surface area contributed by atoms with Gasteiger partial charge in [-0.3, -0.25) is 39.5 Å². The molecule has 0 spiro atoms. The second-order valence-corrected chi connectivity index (χ2v) is 11.8. The standard InChI is InChI=1S/C35H44N8O2/c1-3-13-36-30(7-1)23-43(24-31-8-2-4-14-37-31)28-35-12-6-10-33(39-35)26-41-16-15-40-17-19-44-21-22-45-20-18-42(29-41)27-34-11-5-9-32(25-40)38-34/h1-14H,15-29H2. The van der Waals surface area contributed by atoms with E-state index in [1.807, 2.05) is 36.7 Å². The predicted molar refractivity (Wildman–Crippen MR) is 173 cm³/mol. The van der Waals surface area contributed by atoms with Crippen molar-refractivity contribution in [3.63, 3.8) is 0 Å². The molecule has 0 aromatic carbocycles. The third-order valence-corrected chi connectivity index (χ3v) is 8.10. The molecule has 2 aliphatic rings. The summed E-state index contributed by atoms with van der Waals surface area (Å²) in [4.78, 5) is 29.1. The van der Waals surface area contributed by atoms with Crippen molar-refractivity contribution in [2.24, 2.45) is 0 Å². The summed E-state index contributed by atoms with van der Waals surface area (Å²) in [5.74, 6) is 0. The summed E-state index contributed by atoms with van der Waals surface area (Å²) in [6.45, 7) is 11.5. The molecule has 0 saturated carbocycles. The Morgan fingerprint density at radius 1 is 0.556 bits per heavy atom. The molecule has 10 nitrogen and oxygen atoms in total. The highest BCUT2D eigenvalue weighted by molar-refractivity contribution is 5.14. The van der Waals surface area contributed by atoms with E-state index in [9.17, 15) is 0 Å². The molecule has 0 aliphatic carbocycles. The Hall–Kier alpha value is -3.64. The number of rotatable bonds is 8. The summed E-state index contributed by atoms with van der Waals surface area (Å²) in [7, 11) is 0. The molecule has 236 valence electrons. The molecule has 1 fully saturated rings. The second kappa shape index (κ2) is 16.6. The molecular weight excluding hydrogens is 564 g/mol. The monoisotopic (exact) mass is 608 g/mol. The number of fused-ring (bicyclic) bond motifs is 7. The first-order chi connectivity index (χ1) is 22.2. The number of hydrogen-bond donors (Lipinski definition) is 0. The zero-order chi connectivity index (χ0) is 30.5. The fourth-order valence-electron chi connectivity index (χ4n) is 5.88. The summed E-state index contributed by atoms with van der Waals surface area (Å²) in [6, 6.07) is 25.0. The lowest BCUT2D eigenvalue weighted by Crippen LogP contribution is -2.43. The molecule has 45 heavy (non-hydrogen) atoms. The average Bonchev–Trinajstić information content (AvgIpc) is 3.07. The van der Waals surface area contributed by atoms with Crippen molar-refractivity contribution in [2.75, 3.05) is 59.3 Å². The Bertz CT molecular complexity index is 1400. The van der Waals surface area contributed by atoms with E-state index in [-0.39, 0.29) is 0 Å². The normalized spacial score (nSPS) is 20.2. The van der Waals surface area contributed by atoms with Crippen molar-refractivity contribution < 1.29 is 9.47 Å². The Balaban J connectivity index is 1.19. The van der Waals surface area contributed by atoms with Crippen LogP contribution in [-0.2, 0) is 48.7 Å². The Morgan fingerprint density at radius 2 is 1.16 bits per heavy atom. The van der Waals surface area contributed by atoms with E-state index in [0.717, 1.165) is 99.7 Å². The molecule has 4 aromatic heterocycles. The van der Waals surface area contributed by atoms with Crippen molar-refractivity contribution in [3.05, 3.63) is 119 Å². The largest absolute Gasteiger partial charge is 0.378 e. The first kappa shape index (κ1) is 31.3. The summed E-state index contributed by atoms with van der Waals surface area (Å²) in [6.07, 6.45) is 3.70. The highest BCUT2D eigenvalue weighted by Crippen LogP contribution is 2.15. The molecule has 10 heteroatoms. The second-order valence-electron chi connectivity index (χ2n) is 11.8. The van der Waals surface area contributed by atoms with Crippen LogP contribution in [0, 0.1) is 0 Å². The van der Waals surface area contributed by atoms with E-state index in [0.29, 0.717) is 33.0 Å². The Morgan fingerprint density at radius 3 is 1.84 bits per heavy atom. The van der Waals surface area contributed by atoms with Crippen LogP contribution in [-0.4, -0.2) is 98.8 Å². The maximum absolute atomic E-state index is 5.93. The van der Waals surface area contributed by atoms with Gasteiger partial charge in [-0.2, -0.15) is 0 Å². The Labute approximate surface area is 266 Å². The third kappa shape index (κ3) is 10.2. The summed E-state index contributed by atoms with van der Waals surface area (Å²) in [5.41, 5.74) is 6.40. The molecule has 6 rings (SSSR count). The van der Waals surface area contributed by atoms with Gasteiger partial charge in [0.2, 0.25) is 0 Å². The van der Waals surface area contributed by atoms with Gasteiger partial charge in [-0.15, -0.1) is 0 Å². The zero-order valence-electron chi connectivity index (χ0n) is 26.1. The van der Waals surface area contributed by atoms with Crippen LogP contribution in [0.15, 0.2) is 85.2 Å². The highest BCUT2D eigenvalue weighted by atomic mass is 16.5. The smallest absolute Gasteiger partial charge is 0.0701 e. The molecule has 1 saturated heterocycles. The van der Waals surface area contributed by atoms with Gasteiger partial charge in [0.05, 0.1) is 67.3 Å². The predicted octanol–water partition coefficient (Wildman–Crippen LogP) is 3.59. The van der Waals surface area contributed by atoms with Crippen LogP contribution in [0.2, 0.25) is 0 Å². The molecular formula is C35H44N8O2. The van der Waals surface area contributed by atoms with Crippen LogP contribution >= 0.6 is 0 Å². The van der Waals surface area contributed by atoms with Crippen molar-refractivity contribution >= 4 is 0 Å². The Kier molecular flexibility index (Phi) is 11.6. The van der Waals surface area contributed by atoms with Crippen LogP contribution < -0.4 is 0 Å². The summed E-state index contributed by atoms with van der Waals surface area (Å²) < 4.78 is 11.8. The van der Waals surface area contributed by atoms with Crippen LogP contribution in [0.5, 0.6) is 0 Å². The van der Waals surface area contributed by atoms with Crippen LogP contribution in [0.25, 0.3) is 0 Å². The average molecular weight is 609 g/mol. The van der Waals surface area contributed by atoms with Gasteiger partial charge in [0.1, 0.15) is 0 Å². The fourth-order valence-corrected chi connectivity index (χ4v) is 5.88. The van der Waals surface area contributed by atoms with Gasteiger partial charge in [-0.1, -0.05) is 24.3 Å². The molecule has 2 unspecified atom stereocenters. The molecule has 4 bridgehead atoms.